The second-order valence-corrected chi connectivity index (χ2v) is 6.66. The summed E-state index contributed by atoms with van der Waals surface area (Å²) >= 11 is 3.39. The van der Waals surface area contributed by atoms with Crippen LogP contribution in [0.4, 0.5) is 4.79 Å². The fourth-order valence-electron chi connectivity index (χ4n) is 1.70. The van der Waals surface area contributed by atoms with E-state index in [2.05, 4.69) is 26.2 Å². The summed E-state index contributed by atoms with van der Waals surface area (Å²) in [5, 5.41) is 3.30. The van der Waals surface area contributed by atoms with Crippen molar-refractivity contribution in [2.75, 3.05) is 19.6 Å². The van der Waals surface area contributed by atoms with E-state index in [1.54, 1.807) is 11.1 Å². The van der Waals surface area contributed by atoms with Gasteiger partial charge in [0, 0.05) is 43.0 Å². The number of aromatic nitrogens is 1. The molecule has 1 heterocycles. The minimum atomic E-state index is -0.458. The molecule has 0 aliphatic carbocycles. The van der Waals surface area contributed by atoms with Gasteiger partial charge >= 0.3 is 6.09 Å². The first-order chi connectivity index (χ1) is 9.81. The Balaban J connectivity index is 2.34. The second kappa shape index (κ2) is 8.34. The fraction of sp³-hybridized carbons (Fsp3) is 0.600. The minimum Gasteiger partial charge on any atom is -0.444 e. The number of pyridine rings is 1. The molecule has 0 spiro atoms. The first kappa shape index (κ1) is 17.9. The van der Waals surface area contributed by atoms with E-state index >= 15 is 0 Å². The van der Waals surface area contributed by atoms with Crippen molar-refractivity contribution in [2.24, 2.45) is 0 Å². The highest BCUT2D eigenvalue weighted by atomic mass is 79.9. The predicted octanol–water partition coefficient (Wildman–Crippen LogP) is 3.19. The number of rotatable bonds is 6. The summed E-state index contributed by atoms with van der Waals surface area (Å²) in [6.07, 6.45) is 3.31. The van der Waals surface area contributed by atoms with Crippen LogP contribution < -0.4 is 5.32 Å². The van der Waals surface area contributed by atoms with Crippen LogP contribution in [0.1, 0.15) is 33.3 Å². The molecule has 0 bridgehead atoms. The van der Waals surface area contributed by atoms with E-state index in [0.717, 1.165) is 16.6 Å². The summed E-state index contributed by atoms with van der Waals surface area (Å²) in [6.45, 7) is 10.2. The third kappa shape index (κ3) is 7.43. The Morgan fingerprint density at radius 1 is 1.43 bits per heavy atom. The number of carbonyl (C=O) groups is 1. The van der Waals surface area contributed by atoms with Crippen molar-refractivity contribution >= 4 is 22.0 Å². The van der Waals surface area contributed by atoms with Crippen molar-refractivity contribution in [3.8, 4) is 0 Å². The summed E-state index contributed by atoms with van der Waals surface area (Å²) in [4.78, 5) is 17.8. The molecule has 0 radical (unpaired) electrons. The Bertz CT molecular complexity index is 460. The molecule has 1 amide bonds. The van der Waals surface area contributed by atoms with Crippen molar-refractivity contribution in [1.29, 1.82) is 0 Å². The first-order valence-electron chi connectivity index (χ1n) is 7.10. The van der Waals surface area contributed by atoms with Crippen LogP contribution in [0.5, 0.6) is 0 Å². The lowest BCUT2D eigenvalue weighted by atomic mass is 10.2. The van der Waals surface area contributed by atoms with Gasteiger partial charge in [-0.25, -0.2) is 4.79 Å². The maximum Gasteiger partial charge on any atom is 0.410 e. The molecule has 21 heavy (non-hydrogen) atoms. The third-order valence-electron chi connectivity index (χ3n) is 2.68. The molecule has 5 nitrogen and oxygen atoms in total. The Labute approximate surface area is 135 Å². The monoisotopic (exact) mass is 357 g/mol. The van der Waals surface area contributed by atoms with Gasteiger partial charge in [0.1, 0.15) is 5.60 Å². The Morgan fingerprint density at radius 2 is 2.14 bits per heavy atom. The molecule has 0 unspecified atom stereocenters. The highest BCUT2D eigenvalue weighted by Gasteiger charge is 2.20. The molecule has 1 aromatic rings. The van der Waals surface area contributed by atoms with Crippen LogP contribution in [0.3, 0.4) is 0 Å². The number of amides is 1. The van der Waals surface area contributed by atoms with Gasteiger partial charge in [0.05, 0.1) is 0 Å². The average Bonchev–Trinajstić information content (AvgIpc) is 2.36. The predicted molar refractivity (Wildman–Crippen MR) is 87.1 cm³/mol. The summed E-state index contributed by atoms with van der Waals surface area (Å²) in [5.74, 6) is 0. The number of hydrogen-bond acceptors (Lipinski definition) is 4. The van der Waals surface area contributed by atoms with Gasteiger partial charge in [0.2, 0.25) is 0 Å². The molecule has 0 saturated carbocycles. The molecule has 6 heteroatoms. The van der Waals surface area contributed by atoms with Crippen LogP contribution in [-0.4, -0.2) is 41.2 Å². The van der Waals surface area contributed by atoms with Gasteiger partial charge in [-0.2, -0.15) is 0 Å². The molecule has 0 fully saturated rings. The number of hydrogen-bond donors (Lipinski definition) is 1. The number of nitrogens with zero attached hydrogens (tertiary/aromatic N) is 2. The largest absolute Gasteiger partial charge is 0.444 e. The zero-order valence-electron chi connectivity index (χ0n) is 13.1. The van der Waals surface area contributed by atoms with Crippen LogP contribution in [0.15, 0.2) is 22.9 Å². The van der Waals surface area contributed by atoms with Gasteiger partial charge < -0.3 is 15.0 Å². The van der Waals surface area contributed by atoms with Gasteiger partial charge in [-0.1, -0.05) is 0 Å². The van der Waals surface area contributed by atoms with Crippen LogP contribution in [0.25, 0.3) is 0 Å². The van der Waals surface area contributed by atoms with Crippen LogP contribution in [0, 0.1) is 0 Å². The molecule has 0 aliphatic heterocycles. The summed E-state index contributed by atoms with van der Waals surface area (Å²) in [7, 11) is 0. The number of nitrogens with one attached hydrogen (secondary N) is 1. The number of likely N-dealkylation sites (N-methyl/N-ethyl adjacent to an activating group) is 1. The average molecular weight is 358 g/mol. The van der Waals surface area contributed by atoms with Gasteiger partial charge in [0.25, 0.3) is 0 Å². The van der Waals surface area contributed by atoms with E-state index in [9.17, 15) is 4.79 Å². The van der Waals surface area contributed by atoms with E-state index in [-0.39, 0.29) is 6.09 Å². The highest BCUT2D eigenvalue weighted by Crippen LogP contribution is 2.10. The molecule has 0 atom stereocenters. The second-order valence-electron chi connectivity index (χ2n) is 5.75. The molecule has 0 aliphatic rings. The summed E-state index contributed by atoms with van der Waals surface area (Å²) in [5.41, 5.74) is 0.643. The third-order valence-corrected chi connectivity index (χ3v) is 3.12. The van der Waals surface area contributed by atoms with Gasteiger partial charge in [-0.05, 0) is 55.3 Å². The van der Waals surface area contributed by atoms with Crippen LogP contribution in [-0.2, 0) is 11.3 Å². The van der Waals surface area contributed by atoms with E-state index in [1.165, 1.54) is 0 Å². The zero-order valence-corrected chi connectivity index (χ0v) is 14.7. The Morgan fingerprint density at radius 3 is 2.71 bits per heavy atom. The standard InChI is InChI=1S/C15H24BrN3O2/c1-5-19(14(20)21-15(2,3)4)7-6-17-9-12-8-13(16)11-18-10-12/h8,10-11,17H,5-7,9H2,1-4H3. The fourth-order valence-corrected chi connectivity index (χ4v) is 2.12. The van der Waals surface area contributed by atoms with Crippen molar-refractivity contribution in [2.45, 2.75) is 39.8 Å². The normalized spacial score (nSPS) is 11.3. The zero-order chi connectivity index (χ0) is 15.9. The minimum absolute atomic E-state index is 0.268. The lowest BCUT2D eigenvalue weighted by Crippen LogP contribution is -2.40. The van der Waals surface area contributed by atoms with Gasteiger partial charge in [0.15, 0.2) is 0 Å². The van der Waals surface area contributed by atoms with Gasteiger partial charge in [-0.3, -0.25) is 4.98 Å². The van der Waals surface area contributed by atoms with E-state index < -0.39 is 5.60 Å². The highest BCUT2D eigenvalue weighted by molar-refractivity contribution is 9.10. The number of ether oxygens (including phenoxy) is 1. The number of halogens is 1. The first-order valence-corrected chi connectivity index (χ1v) is 7.89. The molecule has 118 valence electrons. The van der Waals surface area contributed by atoms with E-state index in [4.69, 9.17) is 4.74 Å². The topological polar surface area (TPSA) is 54.5 Å². The SMILES string of the molecule is CCN(CCNCc1cncc(Br)c1)C(=O)OC(C)(C)C. The molecular formula is C15H24BrN3O2. The van der Waals surface area contributed by atoms with Gasteiger partial charge in [-0.15, -0.1) is 0 Å². The Hall–Kier alpha value is -1.14. The van der Waals surface area contributed by atoms with Crippen molar-refractivity contribution in [1.82, 2.24) is 15.2 Å². The van der Waals surface area contributed by atoms with Crippen molar-refractivity contribution < 1.29 is 9.53 Å². The molecule has 1 aromatic heterocycles. The Kier molecular flexibility index (Phi) is 7.11. The van der Waals surface area contributed by atoms with Crippen LogP contribution >= 0.6 is 15.9 Å². The van der Waals surface area contributed by atoms with E-state index in [0.29, 0.717) is 19.6 Å². The van der Waals surface area contributed by atoms with Crippen LogP contribution in [0.2, 0.25) is 0 Å². The van der Waals surface area contributed by atoms with Crippen molar-refractivity contribution in [3.63, 3.8) is 0 Å². The summed E-state index contributed by atoms with van der Waals surface area (Å²) < 4.78 is 6.33. The summed E-state index contributed by atoms with van der Waals surface area (Å²) in [6, 6.07) is 2.02. The lowest BCUT2D eigenvalue weighted by Gasteiger charge is -2.26. The lowest BCUT2D eigenvalue weighted by molar-refractivity contribution is 0.0262. The molecular weight excluding hydrogens is 334 g/mol. The quantitative estimate of drug-likeness (QED) is 0.794. The maximum atomic E-state index is 12.0. The van der Waals surface area contributed by atoms with Crippen molar-refractivity contribution in [3.05, 3.63) is 28.5 Å². The molecule has 0 aromatic carbocycles. The molecule has 0 saturated heterocycles. The molecule has 1 rings (SSSR count). The van der Waals surface area contributed by atoms with E-state index in [1.807, 2.05) is 40.0 Å². The maximum absolute atomic E-state index is 12.0. The molecule has 1 N–H and O–H groups in total. The number of carbonyl (C=O) groups excluding carboxylic acids is 1. The smallest absolute Gasteiger partial charge is 0.410 e.